The Balaban J connectivity index is 1.33. The molecule has 1 heterocycles. The standard InChI is InChI=1S/C25H25NO5S/c1-16-4-3-5-17(12-16)8-10-30-22-14-19(6-7-21(22)29-2)24(27)26-31-25(28)20-13-18-9-11-32-23(18)15-20/h3-7,9,11-12,14,20H,8,10,13,15H2,1-2H3,(H,26,27). The van der Waals surface area contributed by atoms with Crippen molar-refractivity contribution in [1.29, 1.82) is 0 Å². The van der Waals surface area contributed by atoms with Crippen LogP contribution in [0.1, 0.15) is 31.9 Å². The fraction of sp³-hybridized carbons (Fsp3) is 0.280. The molecule has 1 aliphatic rings. The number of aryl methyl sites for hydroxylation is 1. The number of thiophene rings is 1. The van der Waals surface area contributed by atoms with Crippen LogP contribution in [0.15, 0.2) is 53.9 Å². The summed E-state index contributed by atoms with van der Waals surface area (Å²) >= 11 is 1.64. The number of benzene rings is 2. The number of carbonyl (C=O) groups is 2. The van der Waals surface area contributed by atoms with Crippen LogP contribution in [0.2, 0.25) is 0 Å². The van der Waals surface area contributed by atoms with E-state index in [1.807, 2.05) is 30.5 Å². The van der Waals surface area contributed by atoms with Gasteiger partial charge >= 0.3 is 5.97 Å². The van der Waals surface area contributed by atoms with Gasteiger partial charge in [-0.15, -0.1) is 11.3 Å². The average molecular weight is 452 g/mol. The Kier molecular flexibility index (Phi) is 6.75. The van der Waals surface area contributed by atoms with Gasteiger partial charge in [-0.3, -0.25) is 4.79 Å². The van der Waals surface area contributed by atoms with Gasteiger partial charge in [0.15, 0.2) is 11.5 Å². The molecule has 1 aromatic heterocycles. The minimum absolute atomic E-state index is 0.255. The molecule has 166 valence electrons. The molecule has 1 N–H and O–H groups in total. The molecule has 0 saturated heterocycles. The van der Waals surface area contributed by atoms with Crippen LogP contribution in [0.4, 0.5) is 0 Å². The lowest BCUT2D eigenvalue weighted by Gasteiger charge is -2.13. The van der Waals surface area contributed by atoms with Crippen LogP contribution in [-0.2, 0) is 28.9 Å². The summed E-state index contributed by atoms with van der Waals surface area (Å²) in [5.74, 6) is -0.212. The number of nitrogens with one attached hydrogen (secondary N) is 1. The topological polar surface area (TPSA) is 73.9 Å². The number of rotatable bonds is 7. The monoisotopic (exact) mass is 451 g/mol. The van der Waals surface area contributed by atoms with Gasteiger partial charge < -0.3 is 14.3 Å². The van der Waals surface area contributed by atoms with Gasteiger partial charge in [0.05, 0.1) is 19.6 Å². The van der Waals surface area contributed by atoms with Crippen molar-refractivity contribution in [2.24, 2.45) is 5.92 Å². The summed E-state index contributed by atoms with van der Waals surface area (Å²) in [6, 6.07) is 15.1. The van der Waals surface area contributed by atoms with Crippen LogP contribution >= 0.6 is 11.3 Å². The minimum Gasteiger partial charge on any atom is -0.493 e. The van der Waals surface area contributed by atoms with Gasteiger partial charge in [0.25, 0.3) is 5.91 Å². The van der Waals surface area contributed by atoms with Crippen molar-refractivity contribution in [2.75, 3.05) is 13.7 Å². The van der Waals surface area contributed by atoms with Gasteiger partial charge in [-0.2, -0.15) is 5.48 Å². The third-order valence-electron chi connectivity index (χ3n) is 5.47. The lowest BCUT2D eigenvalue weighted by atomic mass is 10.1. The van der Waals surface area contributed by atoms with Crippen molar-refractivity contribution in [1.82, 2.24) is 5.48 Å². The lowest BCUT2D eigenvalue weighted by Crippen LogP contribution is -2.31. The van der Waals surface area contributed by atoms with E-state index in [-0.39, 0.29) is 5.92 Å². The maximum Gasteiger partial charge on any atom is 0.335 e. The van der Waals surface area contributed by atoms with Crippen molar-refractivity contribution in [3.63, 3.8) is 0 Å². The molecule has 0 saturated carbocycles. The van der Waals surface area contributed by atoms with Crippen molar-refractivity contribution in [3.8, 4) is 11.5 Å². The molecule has 1 atom stereocenters. The number of ether oxygens (including phenoxy) is 2. The van der Waals surface area contributed by atoms with E-state index in [1.165, 1.54) is 21.6 Å². The maximum absolute atomic E-state index is 12.5. The molecule has 7 heteroatoms. The van der Waals surface area contributed by atoms with E-state index in [1.54, 1.807) is 36.6 Å². The molecule has 1 amide bonds. The molecule has 3 aromatic rings. The lowest BCUT2D eigenvalue weighted by molar-refractivity contribution is -0.153. The highest BCUT2D eigenvalue weighted by Crippen LogP contribution is 2.31. The highest BCUT2D eigenvalue weighted by Gasteiger charge is 2.30. The Morgan fingerprint density at radius 3 is 2.75 bits per heavy atom. The highest BCUT2D eigenvalue weighted by molar-refractivity contribution is 7.10. The molecule has 0 radical (unpaired) electrons. The molecule has 0 fully saturated rings. The number of methoxy groups -OCH3 is 1. The molecule has 0 spiro atoms. The smallest absolute Gasteiger partial charge is 0.335 e. The molecule has 2 aromatic carbocycles. The summed E-state index contributed by atoms with van der Waals surface area (Å²) in [7, 11) is 1.55. The first kappa shape index (κ1) is 21.9. The summed E-state index contributed by atoms with van der Waals surface area (Å²) < 4.78 is 11.2. The van der Waals surface area contributed by atoms with Crippen molar-refractivity contribution in [2.45, 2.75) is 26.2 Å². The summed E-state index contributed by atoms with van der Waals surface area (Å²) in [5, 5.41) is 2.03. The van der Waals surface area contributed by atoms with Crippen LogP contribution in [-0.4, -0.2) is 25.6 Å². The minimum atomic E-state index is -0.516. The molecular formula is C25H25NO5S. The zero-order valence-corrected chi connectivity index (χ0v) is 18.9. The van der Waals surface area contributed by atoms with Gasteiger partial charge in [-0.05, 0) is 60.5 Å². The van der Waals surface area contributed by atoms with E-state index in [0.717, 1.165) is 6.42 Å². The van der Waals surface area contributed by atoms with Gasteiger partial charge in [0.2, 0.25) is 0 Å². The van der Waals surface area contributed by atoms with Crippen molar-refractivity contribution >= 4 is 23.2 Å². The predicted molar refractivity (Wildman–Crippen MR) is 122 cm³/mol. The number of amides is 1. The Bertz CT molecular complexity index is 1100. The highest BCUT2D eigenvalue weighted by atomic mass is 32.1. The van der Waals surface area contributed by atoms with Crippen molar-refractivity contribution < 1.29 is 23.9 Å². The molecule has 4 rings (SSSR count). The maximum atomic E-state index is 12.5. The number of hydroxylamine groups is 1. The van der Waals surface area contributed by atoms with E-state index < -0.39 is 11.9 Å². The summed E-state index contributed by atoms with van der Waals surface area (Å²) in [4.78, 5) is 31.2. The summed E-state index contributed by atoms with van der Waals surface area (Å²) in [5.41, 5.74) is 6.13. The Morgan fingerprint density at radius 2 is 1.97 bits per heavy atom. The van der Waals surface area contributed by atoms with Gasteiger partial charge in [-0.25, -0.2) is 4.79 Å². The van der Waals surface area contributed by atoms with E-state index in [9.17, 15) is 9.59 Å². The van der Waals surface area contributed by atoms with Crippen LogP contribution in [0, 0.1) is 12.8 Å². The predicted octanol–water partition coefficient (Wildman–Crippen LogP) is 4.29. The second-order valence-electron chi connectivity index (χ2n) is 7.78. The molecule has 1 unspecified atom stereocenters. The molecular weight excluding hydrogens is 426 g/mol. The fourth-order valence-electron chi connectivity index (χ4n) is 3.77. The van der Waals surface area contributed by atoms with Crippen LogP contribution in [0.3, 0.4) is 0 Å². The average Bonchev–Trinajstić information content (AvgIpc) is 3.40. The third kappa shape index (κ3) is 5.11. The van der Waals surface area contributed by atoms with Gasteiger partial charge in [0.1, 0.15) is 0 Å². The van der Waals surface area contributed by atoms with Crippen LogP contribution in [0.5, 0.6) is 11.5 Å². The van der Waals surface area contributed by atoms with E-state index >= 15 is 0 Å². The number of hydrogen-bond donors (Lipinski definition) is 1. The number of carbonyl (C=O) groups excluding carboxylic acids is 2. The Hall–Kier alpha value is -3.32. The molecule has 6 nitrogen and oxygen atoms in total. The molecule has 0 aliphatic heterocycles. The Labute approximate surface area is 191 Å². The fourth-order valence-corrected chi connectivity index (χ4v) is 4.77. The van der Waals surface area contributed by atoms with E-state index in [0.29, 0.717) is 36.5 Å². The first-order valence-corrected chi connectivity index (χ1v) is 11.3. The normalized spacial score (nSPS) is 14.5. The third-order valence-corrected chi connectivity index (χ3v) is 6.46. The zero-order chi connectivity index (χ0) is 22.5. The Morgan fingerprint density at radius 1 is 1.09 bits per heavy atom. The first-order chi connectivity index (χ1) is 15.5. The van der Waals surface area contributed by atoms with Crippen LogP contribution < -0.4 is 15.0 Å². The largest absolute Gasteiger partial charge is 0.493 e. The zero-order valence-electron chi connectivity index (χ0n) is 18.1. The quantitative estimate of drug-likeness (QED) is 0.543. The van der Waals surface area contributed by atoms with Crippen LogP contribution in [0.25, 0.3) is 0 Å². The van der Waals surface area contributed by atoms with Gasteiger partial charge in [0, 0.05) is 16.9 Å². The molecule has 1 aliphatic carbocycles. The SMILES string of the molecule is COc1ccc(C(=O)NOC(=O)C2Cc3ccsc3C2)cc1OCCc1cccc(C)c1. The number of fused-ring (bicyclic) bond motifs is 1. The molecule has 32 heavy (non-hydrogen) atoms. The second-order valence-corrected chi connectivity index (χ2v) is 8.78. The van der Waals surface area contributed by atoms with E-state index in [2.05, 4.69) is 17.6 Å². The second kappa shape index (κ2) is 9.87. The summed E-state index contributed by atoms with van der Waals surface area (Å²) in [6.45, 7) is 2.49. The van der Waals surface area contributed by atoms with Gasteiger partial charge in [-0.1, -0.05) is 29.8 Å². The first-order valence-electron chi connectivity index (χ1n) is 10.5. The molecule has 0 bridgehead atoms. The van der Waals surface area contributed by atoms with E-state index in [4.69, 9.17) is 14.3 Å². The summed E-state index contributed by atoms with van der Waals surface area (Å²) in [6.07, 6.45) is 2.03. The number of hydrogen-bond acceptors (Lipinski definition) is 6. The van der Waals surface area contributed by atoms with Crippen molar-refractivity contribution in [3.05, 3.63) is 81.0 Å².